The Balaban J connectivity index is 0.000000199. The first-order valence-corrected chi connectivity index (χ1v) is 26.8. The first-order chi connectivity index (χ1) is 36.4. The van der Waals surface area contributed by atoms with Crippen LogP contribution in [-0.4, -0.2) is 152 Å². The Morgan fingerprint density at radius 3 is 1.43 bits per heavy atom. The van der Waals surface area contributed by atoms with Crippen molar-refractivity contribution < 1.29 is 51.6 Å². The summed E-state index contributed by atoms with van der Waals surface area (Å²) in [4.78, 5) is 58.0. The van der Waals surface area contributed by atoms with Crippen LogP contribution in [0.2, 0.25) is 0 Å². The number of fused-ring (bicyclic) bond motifs is 2. The first-order valence-electron chi connectivity index (χ1n) is 26.8. The third-order valence-electron chi connectivity index (χ3n) is 13.7. The Kier molecular flexibility index (Phi) is 22.2. The average molecular weight is 1090 g/mol. The SMILES string of the molecule is CC(C)(C)OC(=O)CC[C@@H]1CN(C(=O)N2CCc3ccccc3[C@@H]2c2ccc(F)cc2)CCO1.CC(C)(C)OC(=O)CC[C@@H]1CNCCO1.Cl.NC[C@@H]1CN(C(=O)N2CCc3ccccc3[C@@H]2c2ccc(F)cc2)CCO1. The molecule has 4 aromatic carbocycles. The Labute approximate surface area is 459 Å². The third-order valence-corrected chi connectivity index (χ3v) is 13.7. The molecule has 4 aromatic rings. The molecule has 4 amide bonds. The predicted octanol–water partition coefficient (Wildman–Crippen LogP) is 8.79. The van der Waals surface area contributed by atoms with Gasteiger partial charge in [-0.2, -0.15) is 0 Å². The molecule has 9 rings (SSSR count). The quantitative estimate of drug-likeness (QED) is 0.154. The molecule has 0 aliphatic carbocycles. The number of hydrogen-bond donors (Lipinski definition) is 2. The van der Waals surface area contributed by atoms with Gasteiger partial charge in [0, 0.05) is 71.7 Å². The number of carbonyl (C=O) groups is 4. The lowest BCUT2D eigenvalue weighted by Gasteiger charge is -2.42. The topological polar surface area (TPSA) is 165 Å². The van der Waals surface area contributed by atoms with E-state index in [4.69, 9.17) is 29.4 Å². The van der Waals surface area contributed by atoms with Crippen molar-refractivity contribution in [1.82, 2.24) is 24.9 Å². The summed E-state index contributed by atoms with van der Waals surface area (Å²) in [5.74, 6) is -0.980. The molecule has 3 saturated heterocycles. The van der Waals surface area contributed by atoms with Crippen LogP contribution < -0.4 is 11.1 Å². The largest absolute Gasteiger partial charge is 0.460 e. The molecule has 5 aliphatic rings. The maximum Gasteiger partial charge on any atom is 0.320 e. The van der Waals surface area contributed by atoms with E-state index in [9.17, 15) is 28.0 Å². The number of nitrogens with zero attached hydrogens (tertiary/aromatic N) is 4. The van der Waals surface area contributed by atoms with E-state index in [0.717, 1.165) is 61.2 Å². The molecule has 3 N–H and O–H groups in total. The molecule has 420 valence electrons. The second-order valence-electron chi connectivity index (χ2n) is 21.8. The highest BCUT2D eigenvalue weighted by Gasteiger charge is 2.38. The van der Waals surface area contributed by atoms with E-state index < -0.39 is 5.60 Å². The van der Waals surface area contributed by atoms with Gasteiger partial charge in [-0.05, 0) is 125 Å². The Morgan fingerprint density at radius 2 is 1.00 bits per heavy atom. The molecule has 15 nitrogen and oxygen atoms in total. The molecule has 0 aromatic heterocycles. The lowest BCUT2D eigenvalue weighted by molar-refractivity contribution is -0.157. The highest BCUT2D eigenvalue weighted by molar-refractivity contribution is 5.85. The Morgan fingerprint density at radius 1 is 0.584 bits per heavy atom. The van der Waals surface area contributed by atoms with Crippen LogP contribution in [0, 0.1) is 11.6 Å². The molecule has 18 heteroatoms. The zero-order valence-corrected chi connectivity index (χ0v) is 46.4. The number of hydrogen-bond acceptors (Lipinski definition) is 11. The molecule has 5 atom stereocenters. The fourth-order valence-electron chi connectivity index (χ4n) is 10.2. The normalized spacial score (nSPS) is 21.3. The van der Waals surface area contributed by atoms with E-state index in [1.807, 2.05) is 91.5 Å². The summed E-state index contributed by atoms with van der Waals surface area (Å²) in [6, 6.07) is 28.6. The maximum absolute atomic E-state index is 13.7. The van der Waals surface area contributed by atoms with Crippen LogP contribution >= 0.6 is 12.4 Å². The summed E-state index contributed by atoms with van der Waals surface area (Å²) < 4.78 is 54.6. The van der Waals surface area contributed by atoms with Crippen LogP contribution in [-0.2, 0) is 46.1 Å². The van der Waals surface area contributed by atoms with Crippen LogP contribution in [0.5, 0.6) is 0 Å². The minimum atomic E-state index is -0.521. The van der Waals surface area contributed by atoms with Gasteiger partial charge in [0.2, 0.25) is 0 Å². The van der Waals surface area contributed by atoms with E-state index in [1.54, 1.807) is 24.3 Å². The third kappa shape index (κ3) is 17.7. The summed E-state index contributed by atoms with van der Waals surface area (Å²) in [7, 11) is 0. The molecule has 0 radical (unpaired) electrons. The van der Waals surface area contributed by atoms with E-state index >= 15 is 0 Å². The first kappa shape index (κ1) is 60.5. The van der Waals surface area contributed by atoms with Gasteiger partial charge in [0.25, 0.3) is 0 Å². The van der Waals surface area contributed by atoms with Crippen LogP contribution in [0.15, 0.2) is 97.1 Å². The molecule has 3 fully saturated rings. The van der Waals surface area contributed by atoms with Crippen LogP contribution in [0.4, 0.5) is 18.4 Å². The van der Waals surface area contributed by atoms with Crippen molar-refractivity contribution in [3.63, 3.8) is 0 Å². The van der Waals surface area contributed by atoms with E-state index in [-0.39, 0.29) is 90.5 Å². The number of nitrogens with one attached hydrogen (secondary N) is 1. The van der Waals surface area contributed by atoms with Crippen molar-refractivity contribution in [2.75, 3.05) is 78.7 Å². The number of ether oxygens (including phenoxy) is 5. The number of nitrogens with two attached hydrogens (primary N) is 1. The van der Waals surface area contributed by atoms with E-state index in [2.05, 4.69) is 23.5 Å². The number of morpholine rings is 3. The maximum atomic E-state index is 13.7. The van der Waals surface area contributed by atoms with Crippen molar-refractivity contribution in [2.45, 2.75) is 122 Å². The highest BCUT2D eigenvalue weighted by Crippen LogP contribution is 2.38. The van der Waals surface area contributed by atoms with Crippen molar-refractivity contribution in [1.29, 1.82) is 0 Å². The van der Waals surface area contributed by atoms with Gasteiger partial charge >= 0.3 is 24.0 Å². The van der Waals surface area contributed by atoms with Crippen molar-refractivity contribution >= 4 is 36.4 Å². The van der Waals surface area contributed by atoms with Gasteiger partial charge in [-0.1, -0.05) is 72.8 Å². The second kappa shape index (κ2) is 28.3. The Bertz CT molecular complexity index is 2540. The van der Waals surface area contributed by atoms with Gasteiger partial charge in [-0.25, -0.2) is 18.4 Å². The van der Waals surface area contributed by atoms with Gasteiger partial charge in [0.05, 0.1) is 50.2 Å². The molecule has 5 heterocycles. The zero-order valence-electron chi connectivity index (χ0n) is 45.6. The minimum Gasteiger partial charge on any atom is -0.460 e. The van der Waals surface area contributed by atoms with Crippen LogP contribution in [0.1, 0.15) is 113 Å². The standard InChI is InChI=1S/C27H33FN2O4.C21H24FN3O2.C11H21NO3.ClH/c1-27(2,3)34-24(31)13-12-22-18-29(16-17-33-22)26(32)30-15-14-19-6-4-5-7-23(19)25(30)20-8-10-21(28)11-9-20;22-17-7-5-16(6-8-17)20-19-4-2-1-3-15(19)9-10-25(20)21(26)24-11-12-27-18(13-23)14-24;1-11(2,3)15-10(13)5-4-9-8-12-6-7-14-9;/h4-11,22,25H,12-18H2,1-3H3;1-8,18,20H,9-14,23H2;9,12H,4-8H2,1-3H3;1H/t22-,25+;18-,20+;9-;/m111./s1. The minimum absolute atomic E-state index is 0. The molecular formula is C59H79ClF2N6O9. The fraction of sp³-hybridized carbons (Fsp3) is 0.525. The summed E-state index contributed by atoms with van der Waals surface area (Å²) in [6.45, 7) is 18.2. The predicted molar refractivity (Wildman–Crippen MR) is 293 cm³/mol. The van der Waals surface area contributed by atoms with Crippen LogP contribution in [0.25, 0.3) is 0 Å². The molecule has 0 saturated carbocycles. The Hall–Kier alpha value is -5.69. The zero-order chi connectivity index (χ0) is 54.4. The summed E-state index contributed by atoms with van der Waals surface area (Å²) in [5, 5.41) is 3.23. The van der Waals surface area contributed by atoms with Gasteiger partial charge in [-0.3, -0.25) is 9.59 Å². The van der Waals surface area contributed by atoms with E-state index in [1.165, 1.54) is 35.4 Å². The van der Waals surface area contributed by atoms with Gasteiger partial charge in [0.15, 0.2) is 0 Å². The van der Waals surface area contributed by atoms with Gasteiger partial charge in [0.1, 0.15) is 22.8 Å². The van der Waals surface area contributed by atoms with Crippen molar-refractivity contribution in [2.24, 2.45) is 5.73 Å². The summed E-state index contributed by atoms with van der Waals surface area (Å²) in [5.41, 5.74) is 11.2. The molecular weight excluding hydrogens is 1010 g/mol. The van der Waals surface area contributed by atoms with E-state index in [0.29, 0.717) is 71.9 Å². The van der Waals surface area contributed by atoms with Gasteiger partial charge in [-0.15, -0.1) is 12.4 Å². The summed E-state index contributed by atoms with van der Waals surface area (Å²) in [6.07, 6.45) is 3.33. The van der Waals surface area contributed by atoms with Crippen molar-refractivity contribution in [3.8, 4) is 0 Å². The number of esters is 2. The lowest BCUT2D eigenvalue weighted by Crippen LogP contribution is -2.54. The highest BCUT2D eigenvalue weighted by atomic mass is 35.5. The molecule has 5 aliphatic heterocycles. The molecule has 0 unspecified atom stereocenters. The monoisotopic (exact) mass is 1090 g/mol. The number of benzene rings is 4. The second-order valence-corrected chi connectivity index (χ2v) is 21.8. The number of halogens is 3. The number of carbonyl (C=O) groups excluding carboxylic acids is 4. The lowest BCUT2D eigenvalue weighted by atomic mass is 9.88. The summed E-state index contributed by atoms with van der Waals surface area (Å²) >= 11 is 0. The number of amides is 4. The molecule has 0 spiro atoms. The fourth-order valence-corrected chi connectivity index (χ4v) is 10.2. The smallest absolute Gasteiger partial charge is 0.320 e. The van der Waals surface area contributed by atoms with Crippen molar-refractivity contribution in [3.05, 3.63) is 142 Å². The van der Waals surface area contributed by atoms with Gasteiger partial charge < -0.3 is 54.3 Å². The van der Waals surface area contributed by atoms with Crippen LogP contribution in [0.3, 0.4) is 0 Å². The average Bonchev–Trinajstić information content (AvgIpc) is 3.41. The number of urea groups is 2. The number of rotatable bonds is 9. The molecule has 77 heavy (non-hydrogen) atoms. The molecule has 0 bridgehead atoms.